The van der Waals surface area contributed by atoms with Crippen LogP contribution in [0.5, 0.6) is 0 Å². The van der Waals surface area contributed by atoms with Crippen molar-refractivity contribution in [2.45, 2.75) is 19.8 Å². The maximum absolute atomic E-state index is 11.5. The van der Waals surface area contributed by atoms with E-state index in [1.165, 1.54) is 0 Å². The summed E-state index contributed by atoms with van der Waals surface area (Å²) in [5, 5.41) is 8.58. The Balaban J connectivity index is 4.32. The molecule has 0 atom stereocenters. The maximum atomic E-state index is 11.5. The molecule has 0 saturated heterocycles. The lowest BCUT2D eigenvalue weighted by atomic mass is 10.3. The van der Waals surface area contributed by atoms with Crippen molar-refractivity contribution >= 4 is 21.7 Å². The van der Waals surface area contributed by atoms with Gasteiger partial charge >= 0.3 is 5.97 Å². The third-order valence-corrected chi connectivity index (χ3v) is 2.80. The molecule has 0 aromatic carbocycles. The van der Waals surface area contributed by atoms with E-state index in [1.807, 2.05) is 6.92 Å². The number of hydrogen-bond donors (Lipinski definition) is 1. The molecule has 0 radical (unpaired) electrons. The average molecular weight is 251 g/mol. The van der Waals surface area contributed by atoms with Crippen LogP contribution in [0.2, 0.25) is 0 Å². The Bertz CT molecular complexity index is 349. The van der Waals surface area contributed by atoms with Gasteiger partial charge in [-0.25, -0.2) is 8.42 Å². The summed E-state index contributed by atoms with van der Waals surface area (Å²) in [7, 11) is -3.19. The van der Waals surface area contributed by atoms with E-state index < -0.39 is 21.7 Å². The van der Waals surface area contributed by atoms with E-state index in [1.54, 1.807) is 0 Å². The van der Waals surface area contributed by atoms with Gasteiger partial charge in [-0.3, -0.25) is 9.59 Å². The van der Waals surface area contributed by atoms with E-state index in [4.69, 9.17) is 5.11 Å². The van der Waals surface area contributed by atoms with Gasteiger partial charge in [-0.2, -0.15) is 0 Å². The van der Waals surface area contributed by atoms with E-state index in [9.17, 15) is 18.0 Å². The van der Waals surface area contributed by atoms with Gasteiger partial charge in [-0.05, 0) is 6.42 Å². The van der Waals surface area contributed by atoms with Crippen LogP contribution in [-0.4, -0.2) is 55.4 Å². The summed E-state index contributed by atoms with van der Waals surface area (Å²) in [6, 6.07) is 0. The van der Waals surface area contributed by atoms with Gasteiger partial charge in [0.2, 0.25) is 5.91 Å². The molecule has 0 aromatic rings. The van der Waals surface area contributed by atoms with Crippen LogP contribution < -0.4 is 0 Å². The Morgan fingerprint density at radius 1 is 1.31 bits per heavy atom. The molecular formula is C9H17NO5S. The van der Waals surface area contributed by atoms with Gasteiger partial charge < -0.3 is 10.0 Å². The number of rotatable bonds is 7. The first-order chi connectivity index (χ1) is 7.26. The number of carbonyl (C=O) groups is 2. The highest BCUT2D eigenvalue weighted by Crippen LogP contribution is 1.99. The average Bonchev–Trinajstić information content (AvgIpc) is 2.11. The minimum atomic E-state index is -3.19. The summed E-state index contributed by atoms with van der Waals surface area (Å²) < 4.78 is 21.7. The monoisotopic (exact) mass is 251 g/mol. The van der Waals surface area contributed by atoms with Crippen LogP contribution in [0.25, 0.3) is 0 Å². The summed E-state index contributed by atoms with van der Waals surface area (Å²) in [5.74, 6) is -1.78. The third kappa shape index (κ3) is 7.22. The van der Waals surface area contributed by atoms with Crippen molar-refractivity contribution < 1.29 is 23.1 Å². The zero-order valence-electron chi connectivity index (χ0n) is 9.47. The second kappa shape index (κ2) is 6.47. The predicted molar refractivity (Wildman–Crippen MR) is 58.8 cm³/mol. The summed E-state index contributed by atoms with van der Waals surface area (Å²) >= 11 is 0. The molecule has 0 fully saturated rings. The largest absolute Gasteiger partial charge is 0.480 e. The number of carboxylic acid groups (broad SMARTS) is 1. The molecule has 0 aliphatic carbocycles. The lowest BCUT2D eigenvalue weighted by molar-refractivity contribution is -0.144. The first-order valence-electron chi connectivity index (χ1n) is 4.93. The minimum Gasteiger partial charge on any atom is -0.480 e. The van der Waals surface area contributed by atoms with Crippen molar-refractivity contribution in [3.63, 3.8) is 0 Å². The van der Waals surface area contributed by atoms with Crippen LogP contribution in [0.3, 0.4) is 0 Å². The molecule has 0 rings (SSSR count). The number of hydrogen-bond acceptors (Lipinski definition) is 4. The highest BCUT2D eigenvalue weighted by atomic mass is 32.2. The fraction of sp³-hybridized carbons (Fsp3) is 0.778. The first kappa shape index (κ1) is 14.9. The van der Waals surface area contributed by atoms with Crippen LogP contribution in [0.1, 0.15) is 19.8 Å². The molecule has 6 nitrogen and oxygen atoms in total. The molecule has 0 bridgehead atoms. The van der Waals surface area contributed by atoms with Gasteiger partial charge in [0.05, 0.1) is 5.75 Å². The molecule has 94 valence electrons. The molecule has 0 unspecified atom stereocenters. The predicted octanol–water partition coefficient (Wildman–Crippen LogP) is -0.256. The van der Waals surface area contributed by atoms with Gasteiger partial charge in [0, 0.05) is 19.2 Å². The molecule has 0 aliphatic rings. The van der Waals surface area contributed by atoms with Gasteiger partial charge in [0.1, 0.15) is 16.4 Å². The number of sulfone groups is 1. The van der Waals surface area contributed by atoms with Crippen LogP contribution in [-0.2, 0) is 19.4 Å². The molecule has 1 N–H and O–H groups in total. The molecule has 0 aromatic heterocycles. The first-order valence-corrected chi connectivity index (χ1v) is 6.99. The van der Waals surface area contributed by atoms with Crippen molar-refractivity contribution in [3.8, 4) is 0 Å². The Labute approximate surface area is 95.2 Å². The molecular weight excluding hydrogens is 234 g/mol. The fourth-order valence-corrected chi connectivity index (χ4v) is 1.70. The molecule has 0 heterocycles. The Morgan fingerprint density at radius 2 is 1.88 bits per heavy atom. The zero-order valence-corrected chi connectivity index (χ0v) is 10.3. The maximum Gasteiger partial charge on any atom is 0.323 e. The SMILES string of the molecule is CCCN(CC(=O)O)C(=O)CCS(C)(=O)=O. The second-order valence-corrected chi connectivity index (χ2v) is 5.85. The molecule has 7 heteroatoms. The van der Waals surface area contributed by atoms with E-state index in [0.717, 1.165) is 11.2 Å². The molecule has 0 aliphatic heterocycles. The van der Waals surface area contributed by atoms with Crippen molar-refractivity contribution in [2.24, 2.45) is 0 Å². The van der Waals surface area contributed by atoms with E-state index in [-0.39, 0.29) is 18.7 Å². The summed E-state index contributed by atoms with van der Waals surface area (Å²) in [5.41, 5.74) is 0. The van der Waals surface area contributed by atoms with E-state index in [2.05, 4.69) is 0 Å². The quantitative estimate of drug-likeness (QED) is 0.673. The normalized spacial score (nSPS) is 11.1. The number of aliphatic carboxylic acids is 1. The third-order valence-electron chi connectivity index (χ3n) is 1.86. The van der Waals surface area contributed by atoms with Crippen LogP contribution >= 0.6 is 0 Å². The van der Waals surface area contributed by atoms with Crippen molar-refractivity contribution in [1.82, 2.24) is 4.90 Å². The Morgan fingerprint density at radius 3 is 2.25 bits per heavy atom. The lowest BCUT2D eigenvalue weighted by Crippen LogP contribution is -2.37. The highest BCUT2D eigenvalue weighted by Gasteiger charge is 2.17. The van der Waals surface area contributed by atoms with Crippen LogP contribution in [0.4, 0.5) is 0 Å². The fourth-order valence-electron chi connectivity index (χ4n) is 1.16. The van der Waals surface area contributed by atoms with E-state index >= 15 is 0 Å². The summed E-state index contributed by atoms with van der Waals surface area (Å²) in [4.78, 5) is 23.2. The van der Waals surface area contributed by atoms with Gasteiger partial charge in [0.25, 0.3) is 0 Å². The Hall–Kier alpha value is -1.11. The number of carbonyl (C=O) groups excluding carboxylic acids is 1. The van der Waals surface area contributed by atoms with Crippen molar-refractivity contribution in [3.05, 3.63) is 0 Å². The smallest absolute Gasteiger partial charge is 0.323 e. The van der Waals surface area contributed by atoms with Crippen molar-refractivity contribution in [2.75, 3.05) is 25.1 Å². The van der Waals surface area contributed by atoms with Crippen molar-refractivity contribution in [1.29, 1.82) is 0 Å². The molecule has 1 amide bonds. The number of carboxylic acids is 1. The van der Waals surface area contributed by atoms with Crippen LogP contribution in [0.15, 0.2) is 0 Å². The lowest BCUT2D eigenvalue weighted by Gasteiger charge is -2.19. The zero-order chi connectivity index (χ0) is 12.8. The molecule has 16 heavy (non-hydrogen) atoms. The molecule has 0 spiro atoms. The second-order valence-electron chi connectivity index (χ2n) is 3.59. The standard InChI is InChI=1S/C9H17NO5S/c1-3-5-10(7-9(12)13)8(11)4-6-16(2,14)15/h3-7H2,1-2H3,(H,12,13). The topological polar surface area (TPSA) is 91.8 Å². The van der Waals surface area contributed by atoms with Crippen LogP contribution in [0, 0.1) is 0 Å². The van der Waals surface area contributed by atoms with E-state index in [0.29, 0.717) is 13.0 Å². The van der Waals surface area contributed by atoms with Gasteiger partial charge in [-0.15, -0.1) is 0 Å². The van der Waals surface area contributed by atoms with Gasteiger partial charge in [0.15, 0.2) is 0 Å². The minimum absolute atomic E-state index is 0.161. The number of nitrogens with zero attached hydrogens (tertiary/aromatic N) is 1. The highest BCUT2D eigenvalue weighted by molar-refractivity contribution is 7.90. The summed E-state index contributed by atoms with van der Waals surface area (Å²) in [6.07, 6.45) is 1.52. The Kier molecular flexibility index (Phi) is 6.02. The molecule has 0 saturated carbocycles. The summed E-state index contributed by atoms with van der Waals surface area (Å²) in [6.45, 7) is 1.77. The van der Waals surface area contributed by atoms with Gasteiger partial charge in [-0.1, -0.05) is 6.92 Å². The number of amides is 1.